The van der Waals surface area contributed by atoms with E-state index in [1.54, 1.807) is 30.3 Å². The van der Waals surface area contributed by atoms with Crippen LogP contribution in [0.4, 0.5) is 15.0 Å². The van der Waals surface area contributed by atoms with E-state index in [4.69, 9.17) is 14.5 Å². The van der Waals surface area contributed by atoms with Crippen molar-refractivity contribution >= 4 is 22.8 Å². The quantitative estimate of drug-likeness (QED) is 0.612. The average molecular weight is 452 g/mol. The van der Waals surface area contributed by atoms with E-state index >= 15 is 0 Å². The molecule has 0 unspecified atom stereocenters. The molecular formula is C24H25FN4O4. The number of rotatable bonds is 5. The minimum atomic E-state index is -0.430. The molecule has 0 aliphatic carbocycles. The Hall–Kier alpha value is -3.46. The van der Waals surface area contributed by atoms with Crippen LogP contribution in [0.2, 0.25) is 0 Å². The third-order valence-corrected chi connectivity index (χ3v) is 6.06. The Labute approximate surface area is 190 Å². The van der Waals surface area contributed by atoms with Crippen molar-refractivity contribution in [3.63, 3.8) is 0 Å². The van der Waals surface area contributed by atoms with Crippen molar-refractivity contribution in [1.29, 1.82) is 0 Å². The molecule has 0 saturated carbocycles. The molecule has 2 N–H and O–H groups in total. The summed E-state index contributed by atoms with van der Waals surface area (Å²) in [5.41, 5.74) is 1.12. The van der Waals surface area contributed by atoms with Gasteiger partial charge in [-0.3, -0.25) is 0 Å². The van der Waals surface area contributed by atoms with Crippen molar-refractivity contribution in [3.8, 4) is 17.1 Å². The Morgan fingerprint density at radius 1 is 1.24 bits per heavy atom. The molecule has 2 aromatic carbocycles. The standard InChI is InChI=1S/C24H25FN4O4/c25-16-5-6-20-19(11-16)23(28-22(27-20)18-3-1-2-4-21(18)30)29-9-7-15(13-29)12-26-24(31)33-17-8-10-32-14-17/h1-6,11,15,17,30H,7-10,12-14H2,(H,26,31)/t15-,17+/m0/s1. The molecule has 3 aromatic rings. The lowest BCUT2D eigenvalue weighted by molar-refractivity contribution is 0.0825. The van der Waals surface area contributed by atoms with Gasteiger partial charge in [0.15, 0.2) is 5.82 Å². The molecule has 3 heterocycles. The first-order valence-corrected chi connectivity index (χ1v) is 11.1. The lowest BCUT2D eigenvalue weighted by Crippen LogP contribution is -2.34. The smallest absolute Gasteiger partial charge is 0.407 e. The highest BCUT2D eigenvalue weighted by atomic mass is 19.1. The van der Waals surface area contributed by atoms with Gasteiger partial charge in [0.25, 0.3) is 0 Å². The number of fused-ring (bicyclic) bond motifs is 1. The molecule has 1 amide bonds. The van der Waals surface area contributed by atoms with Crippen LogP contribution in [0.3, 0.4) is 0 Å². The zero-order valence-corrected chi connectivity index (χ0v) is 18.0. The topological polar surface area (TPSA) is 96.8 Å². The molecule has 0 bridgehead atoms. The summed E-state index contributed by atoms with van der Waals surface area (Å²) in [6.07, 6.45) is 0.960. The first kappa shape index (κ1) is 21.4. The molecule has 5 rings (SSSR count). The summed E-state index contributed by atoms with van der Waals surface area (Å²) in [5, 5.41) is 13.7. The Morgan fingerprint density at radius 2 is 2.12 bits per heavy atom. The molecule has 8 nitrogen and oxygen atoms in total. The summed E-state index contributed by atoms with van der Waals surface area (Å²) in [6, 6.07) is 11.3. The summed E-state index contributed by atoms with van der Waals surface area (Å²) in [4.78, 5) is 23.4. The number of alkyl carbamates (subject to hydrolysis) is 1. The Kier molecular flexibility index (Phi) is 5.95. The zero-order valence-electron chi connectivity index (χ0n) is 18.0. The molecule has 33 heavy (non-hydrogen) atoms. The maximum absolute atomic E-state index is 14.1. The largest absolute Gasteiger partial charge is 0.507 e. The van der Waals surface area contributed by atoms with Gasteiger partial charge >= 0.3 is 6.09 Å². The number of carbonyl (C=O) groups excluding carboxylic acids is 1. The number of aromatic hydroxyl groups is 1. The molecule has 2 aliphatic rings. The van der Waals surface area contributed by atoms with Gasteiger partial charge in [0.1, 0.15) is 23.5 Å². The lowest BCUT2D eigenvalue weighted by atomic mass is 10.1. The normalized spacial score (nSPS) is 20.3. The van der Waals surface area contributed by atoms with Gasteiger partial charge in [-0.2, -0.15) is 0 Å². The summed E-state index contributed by atoms with van der Waals surface area (Å²) < 4.78 is 24.6. The van der Waals surface area contributed by atoms with Gasteiger partial charge in [-0.05, 0) is 42.7 Å². The number of hydrogen-bond acceptors (Lipinski definition) is 7. The second kappa shape index (κ2) is 9.19. The number of phenolic OH excluding ortho intramolecular Hbond substituents is 1. The van der Waals surface area contributed by atoms with Crippen LogP contribution in [0, 0.1) is 11.7 Å². The number of carbonyl (C=O) groups is 1. The van der Waals surface area contributed by atoms with E-state index in [-0.39, 0.29) is 23.6 Å². The average Bonchev–Trinajstić information content (AvgIpc) is 3.50. The Balaban J connectivity index is 1.35. The molecule has 2 saturated heterocycles. The van der Waals surface area contributed by atoms with Crippen molar-refractivity contribution in [2.45, 2.75) is 18.9 Å². The van der Waals surface area contributed by atoms with E-state index < -0.39 is 6.09 Å². The number of ether oxygens (including phenoxy) is 2. The third-order valence-electron chi connectivity index (χ3n) is 6.06. The highest BCUT2D eigenvalue weighted by Crippen LogP contribution is 2.33. The minimum Gasteiger partial charge on any atom is -0.507 e. The van der Waals surface area contributed by atoms with Crippen LogP contribution in [-0.2, 0) is 9.47 Å². The number of para-hydroxylation sites is 1. The third kappa shape index (κ3) is 4.68. The Morgan fingerprint density at radius 3 is 2.94 bits per heavy atom. The first-order valence-electron chi connectivity index (χ1n) is 11.1. The Bertz CT molecular complexity index is 1170. The predicted molar refractivity (Wildman–Crippen MR) is 121 cm³/mol. The van der Waals surface area contributed by atoms with Crippen LogP contribution in [0.1, 0.15) is 12.8 Å². The minimum absolute atomic E-state index is 0.0829. The molecule has 2 atom stereocenters. The number of nitrogens with zero attached hydrogens (tertiary/aromatic N) is 3. The van der Waals surface area contributed by atoms with Crippen LogP contribution >= 0.6 is 0 Å². The SMILES string of the molecule is O=C(NC[C@@H]1CCN(c2nc(-c3ccccc3O)nc3ccc(F)cc23)C1)O[C@@H]1CCOC1. The van der Waals surface area contributed by atoms with Crippen molar-refractivity contribution in [2.24, 2.45) is 5.92 Å². The van der Waals surface area contributed by atoms with Gasteiger partial charge in [0.05, 0.1) is 24.3 Å². The second-order valence-electron chi connectivity index (χ2n) is 8.42. The van der Waals surface area contributed by atoms with Gasteiger partial charge < -0.3 is 24.8 Å². The summed E-state index contributed by atoms with van der Waals surface area (Å²) >= 11 is 0. The van der Waals surface area contributed by atoms with Crippen molar-refractivity contribution in [1.82, 2.24) is 15.3 Å². The lowest BCUT2D eigenvalue weighted by Gasteiger charge is -2.21. The summed E-state index contributed by atoms with van der Waals surface area (Å²) in [7, 11) is 0. The van der Waals surface area contributed by atoms with Gasteiger partial charge in [-0.1, -0.05) is 12.1 Å². The highest BCUT2D eigenvalue weighted by molar-refractivity contribution is 5.91. The van der Waals surface area contributed by atoms with Gasteiger partial charge in [-0.15, -0.1) is 0 Å². The van der Waals surface area contributed by atoms with E-state index in [0.29, 0.717) is 61.0 Å². The van der Waals surface area contributed by atoms with Crippen LogP contribution < -0.4 is 10.2 Å². The number of nitrogens with one attached hydrogen (secondary N) is 1. The van der Waals surface area contributed by atoms with Gasteiger partial charge in [-0.25, -0.2) is 19.2 Å². The fraction of sp³-hybridized carbons (Fsp3) is 0.375. The second-order valence-corrected chi connectivity index (χ2v) is 8.42. The highest BCUT2D eigenvalue weighted by Gasteiger charge is 2.27. The predicted octanol–water partition coefficient (Wildman–Crippen LogP) is 3.48. The summed E-state index contributed by atoms with van der Waals surface area (Å²) in [6.45, 7) is 2.90. The molecule has 0 radical (unpaired) electrons. The van der Waals surface area contributed by atoms with Crippen LogP contribution in [0.5, 0.6) is 5.75 Å². The van der Waals surface area contributed by atoms with Crippen LogP contribution in [0.25, 0.3) is 22.3 Å². The number of hydrogen-bond donors (Lipinski definition) is 2. The zero-order chi connectivity index (χ0) is 22.8. The fourth-order valence-corrected chi connectivity index (χ4v) is 4.33. The molecule has 1 aromatic heterocycles. The molecule has 0 spiro atoms. The number of benzene rings is 2. The number of aromatic nitrogens is 2. The van der Waals surface area contributed by atoms with E-state index in [9.17, 15) is 14.3 Å². The number of anilines is 1. The molecule has 172 valence electrons. The first-order chi connectivity index (χ1) is 16.1. The van der Waals surface area contributed by atoms with E-state index in [1.165, 1.54) is 12.1 Å². The number of phenols is 1. The number of amides is 1. The number of halogens is 1. The summed E-state index contributed by atoms with van der Waals surface area (Å²) in [5.74, 6) is 0.917. The molecular weight excluding hydrogens is 427 g/mol. The van der Waals surface area contributed by atoms with E-state index in [2.05, 4.69) is 15.2 Å². The maximum atomic E-state index is 14.1. The van der Waals surface area contributed by atoms with Crippen LogP contribution in [0.15, 0.2) is 42.5 Å². The van der Waals surface area contributed by atoms with Crippen molar-refractivity contribution in [3.05, 3.63) is 48.3 Å². The fourth-order valence-electron chi connectivity index (χ4n) is 4.33. The molecule has 2 fully saturated rings. The van der Waals surface area contributed by atoms with Crippen molar-refractivity contribution in [2.75, 3.05) is 37.7 Å². The monoisotopic (exact) mass is 452 g/mol. The van der Waals surface area contributed by atoms with E-state index in [1.807, 2.05) is 0 Å². The molecule has 9 heteroatoms. The van der Waals surface area contributed by atoms with Crippen molar-refractivity contribution < 1.29 is 23.8 Å². The van der Waals surface area contributed by atoms with Gasteiger partial charge in [0, 0.05) is 31.4 Å². The van der Waals surface area contributed by atoms with Crippen LogP contribution in [-0.4, -0.2) is 60.1 Å². The van der Waals surface area contributed by atoms with Gasteiger partial charge in [0.2, 0.25) is 0 Å². The maximum Gasteiger partial charge on any atom is 0.407 e. The van der Waals surface area contributed by atoms with E-state index in [0.717, 1.165) is 12.8 Å². The molecule has 2 aliphatic heterocycles.